The van der Waals surface area contributed by atoms with E-state index < -0.39 is 4.92 Å². The minimum Gasteiger partial charge on any atom is -0.492 e. The molecular formula is C10H12ClNO4. The van der Waals surface area contributed by atoms with Crippen molar-refractivity contribution < 1.29 is 14.4 Å². The summed E-state index contributed by atoms with van der Waals surface area (Å²) in [6, 6.07) is 2.67. The van der Waals surface area contributed by atoms with E-state index in [1.54, 1.807) is 13.8 Å². The number of hydrogen-bond donors (Lipinski definition) is 0. The number of nitro benzene ring substituents is 1. The van der Waals surface area contributed by atoms with Crippen LogP contribution in [0.5, 0.6) is 11.5 Å². The van der Waals surface area contributed by atoms with Gasteiger partial charge in [0.15, 0.2) is 5.75 Å². The van der Waals surface area contributed by atoms with Gasteiger partial charge < -0.3 is 9.47 Å². The van der Waals surface area contributed by atoms with Crippen molar-refractivity contribution in [2.24, 2.45) is 0 Å². The minimum absolute atomic E-state index is 0.144. The summed E-state index contributed by atoms with van der Waals surface area (Å²) in [5.74, 6) is 0.445. The Bertz CT molecular complexity index is 395. The molecule has 1 rings (SSSR count). The van der Waals surface area contributed by atoms with Crippen molar-refractivity contribution >= 4 is 17.3 Å². The van der Waals surface area contributed by atoms with Crippen LogP contribution in [0, 0.1) is 10.1 Å². The molecule has 0 spiro atoms. The maximum Gasteiger partial charge on any atom is 0.314 e. The zero-order valence-corrected chi connectivity index (χ0v) is 9.78. The monoisotopic (exact) mass is 245 g/mol. The van der Waals surface area contributed by atoms with E-state index in [1.165, 1.54) is 12.1 Å². The summed E-state index contributed by atoms with van der Waals surface area (Å²) >= 11 is 5.89. The summed E-state index contributed by atoms with van der Waals surface area (Å²) in [5, 5.41) is 11.1. The lowest BCUT2D eigenvalue weighted by atomic mass is 10.2. The van der Waals surface area contributed by atoms with Crippen LogP contribution >= 0.6 is 11.6 Å². The fourth-order valence-corrected chi connectivity index (χ4v) is 1.41. The molecular weight excluding hydrogens is 234 g/mol. The van der Waals surface area contributed by atoms with Crippen molar-refractivity contribution in [1.82, 2.24) is 0 Å². The van der Waals surface area contributed by atoms with Crippen LogP contribution in [-0.2, 0) is 0 Å². The number of ether oxygens (including phenoxy) is 2. The zero-order valence-electron chi connectivity index (χ0n) is 9.03. The molecule has 0 atom stereocenters. The summed E-state index contributed by atoms with van der Waals surface area (Å²) in [7, 11) is 0. The maximum atomic E-state index is 10.8. The lowest BCUT2D eigenvalue weighted by Crippen LogP contribution is -2.00. The van der Waals surface area contributed by atoms with E-state index in [4.69, 9.17) is 21.1 Å². The zero-order chi connectivity index (χ0) is 12.1. The molecule has 0 radical (unpaired) electrons. The number of halogens is 1. The van der Waals surface area contributed by atoms with E-state index in [9.17, 15) is 10.1 Å². The SMILES string of the molecule is CCOc1cc([N+](=O)[O-])c(OCC)cc1Cl. The second-order valence-electron chi connectivity index (χ2n) is 2.87. The number of hydrogen-bond acceptors (Lipinski definition) is 4. The molecule has 0 aliphatic rings. The Morgan fingerprint density at radius 1 is 1.25 bits per heavy atom. The number of rotatable bonds is 5. The molecule has 88 valence electrons. The quantitative estimate of drug-likeness (QED) is 0.591. The van der Waals surface area contributed by atoms with Crippen LogP contribution in [0.25, 0.3) is 0 Å². The van der Waals surface area contributed by atoms with E-state index in [-0.39, 0.29) is 11.4 Å². The van der Waals surface area contributed by atoms with Crippen LogP contribution in [0.4, 0.5) is 5.69 Å². The Morgan fingerprint density at radius 3 is 2.31 bits per heavy atom. The second kappa shape index (κ2) is 5.55. The molecule has 0 saturated carbocycles. The first-order valence-corrected chi connectivity index (χ1v) is 5.21. The summed E-state index contributed by atoms with van der Waals surface area (Å²) in [6.45, 7) is 4.25. The topological polar surface area (TPSA) is 61.6 Å². The lowest BCUT2D eigenvalue weighted by Gasteiger charge is -2.09. The predicted molar refractivity (Wildman–Crippen MR) is 60.4 cm³/mol. The van der Waals surface area contributed by atoms with Gasteiger partial charge in [0.1, 0.15) is 5.75 Å². The summed E-state index contributed by atoms with van der Waals surface area (Å²) in [4.78, 5) is 10.3. The highest BCUT2D eigenvalue weighted by atomic mass is 35.5. The van der Waals surface area contributed by atoms with Gasteiger partial charge in [-0.05, 0) is 13.8 Å². The highest BCUT2D eigenvalue weighted by Gasteiger charge is 2.19. The maximum absolute atomic E-state index is 10.8. The van der Waals surface area contributed by atoms with Gasteiger partial charge in [-0.15, -0.1) is 0 Å². The van der Waals surface area contributed by atoms with Gasteiger partial charge >= 0.3 is 5.69 Å². The van der Waals surface area contributed by atoms with Crippen molar-refractivity contribution in [1.29, 1.82) is 0 Å². The summed E-state index contributed by atoms with van der Waals surface area (Å²) < 4.78 is 10.3. The van der Waals surface area contributed by atoms with E-state index in [0.717, 1.165) is 0 Å². The molecule has 16 heavy (non-hydrogen) atoms. The fraction of sp³-hybridized carbons (Fsp3) is 0.400. The molecule has 0 fully saturated rings. The van der Waals surface area contributed by atoms with E-state index in [0.29, 0.717) is 24.0 Å². The van der Waals surface area contributed by atoms with Gasteiger partial charge in [-0.2, -0.15) is 0 Å². The van der Waals surface area contributed by atoms with Crippen LogP contribution in [0.3, 0.4) is 0 Å². The number of nitro groups is 1. The lowest BCUT2D eigenvalue weighted by molar-refractivity contribution is -0.385. The molecule has 0 unspecified atom stereocenters. The number of nitrogens with zero attached hydrogens (tertiary/aromatic N) is 1. The molecule has 0 N–H and O–H groups in total. The minimum atomic E-state index is -0.524. The molecule has 5 nitrogen and oxygen atoms in total. The highest BCUT2D eigenvalue weighted by Crippen LogP contribution is 2.37. The summed E-state index contributed by atoms with van der Waals surface area (Å²) in [6.07, 6.45) is 0. The fourth-order valence-electron chi connectivity index (χ4n) is 1.20. The van der Waals surface area contributed by atoms with E-state index in [2.05, 4.69) is 0 Å². The van der Waals surface area contributed by atoms with Crippen LogP contribution in [0.15, 0.2) is 12.1 Å². The predicted octanol–water partition coefficient (Wildman–Crippen LogP) is 3.05. The number of benzene rings is 1. The molecule has 0 amide bonds. The van der Waals surface area contributed by atoms with Gasteiger partial charge in [0.25, 0.3) is 0 Å². The first kappa shape index (κ1) is 12.6. The third-order valence-electron chi connectivity index (χ3n) is 1.81. The Hall–Kier alpha value is -1.49. The average Bonchev–Trinajstić information content (AvgIpc) is 2.22. The molecule has 0 heterocycles. The normalized spacial score (nSPS) is 9.94. The van der Waals surface area contributed by atoms with E-state index in [1.807, 2.05) is 0 Å². The Balaban J connectivity index is 3.19. The summed E-state index contributed by atoms with van der Waals surface area (Å²) in [5.41, 5.74) is -0.144. The third kappa shape index (κ3) is 2.76. The van der Waals surface area contributed by atoms with Crippen molar-refractivity contribution in [2.45, 2.75) is 13.8 Å². The van der Waals surface area contributed by atoms with Crippen molar-refractivity contribution in [3.05, 3.63) is 27.3 Å². The second-order valence-corrected chi connectivity index (χ2v) is 3.28. The third-order valence-corrected chi connectivity index (χ3v) is 2.11. The Kier molecular flexibility index (Phi) is 4.37. The standard InChI is InChI=1S/C10H12ClNO4/c1-3-15-9-6-8(12(13)14)10(16-4-2)5-7(9)11/h5-6H,3-4H2,1-2H3. The molecule has 6 heteroatoms. The van der Waals surface area contributed by atoms with Gasteiger partial charge in [-0.1, -0.05) is 11.6 Å². The Morgan fingerprint density at radius 2 is 1.81 bits per heavy atom. The van der Waals surface area contributed by atoms with Crippen LogP contribution in [0.2, 0.25) is 5.02 Å². The van der Waals surface area contributed by atoms with Crippen molar-refractivity contribution in [3.8, 4) is 11.5 Å². The highest BCUT2D eigenvalue weighted by molar-refractivity contribution is 6.32. The molecule has 1 aromatic carbocycles. The van der Waals surface area contributed by atoms with Crippen LogP contribution < -0.4 is 9.47 Å². The van der Waals surface area contributed by atoms with Gasteiger partial charge in [0.05, 0.1) is 29.2 Å². The molecule has 0 aliphatic heterocycles. The molecule has 0 aromatic heterocycles. The van der Waals surface area contributed by atoms with Crippen LogP contribution in [-0.4, -0.2) is 18.1 Å². The first-order valence-electron chi connectivity index (χ1n) is 4.83. The van der Waals surface area contributed by atoms with Gasteiger partial charge in [-0.3, -0.25) is 10.1 Å². The van der Waals surface area contributed by atoms with Crippen molar-refractivity contribution in [3.63, 3.8) is 0 Å². The Labute approximate surface area is 98.1 Å². The van der Waals surface area contributed by atoms with Crippen molar-refractivity contribution in [2.75, 3.05) is 13.2 Å². The van der Waals surface area contributed by atoms with Gasteiger partial charge in [-0.25, -0.2) is 0 Å². The molecule has 0 aliphatic carbocycles. The van der Waals surface area contributed by atoms with E-state index >= 15 is 0 Å². The first-order chi connectivity index (χ1) is 7.60. The van der Waals surface area contributed by atoms with Gasteiger partial charge in [0.2, 0.25) is 0 Å². The largest absolute Gasteiger partial charge is 0.492 e. The smallest absolute Gasteiger partial charge is 0.314 e. The van der Waals surface area contributed by atoms with Gasteiger partial charge in [0, 0.05) is 6.07 Å². The molecule has 0 bridgehead atoms. The average molecular weight is 246 g/mol. The van der Waals surface area contributed by atoms with Crippen LogP contribution in [0.1, 0.15) is 13.8 Å². The molecule has 0 saturated heterocycles. The molecule has 1 aromatic rings.